The Morgan fingerprint density at radius 2 is 1.92 bits per heavy atom. The second kappa shape index (κ2) is 9.45. The number of nitrogens with zero attached hydrogens (tertiary/aromatic N) is 3. The molecule has 0 heterocycles. The molecule has 2 aromatic rings. The van der Waals surface area contributed by atoms with Crippen molar-refractivity contribution in [3.8, 4) is 0 Å². The quantitative estimate of drug-likeness (QED) is 0.280. The van der Waals surface area contributed by atoms with Crippen LogP contribution < -0.4 is 10.6 Å². The second-order valence-electron chi connectivity index (χ2n) is 5.34. The highest BCUT2D eigenvalue weighted by molar-refractivity contribution is 5.61. The number of hydrogen-bond donors (Lipinski definition) is 3. The van der Waals surface area contributed by atoms with Crippen molar-refractivity contribution in [2.75, 3.05) is 18.4 Å². The molecule has 1 unspecified atom stereocenters. The zero-order valence-corrected chi connectivity index (χ0v) is 13.9. The summed E-state index contributed by atoms with van der Waals surface area (Å²) in [5, 5.41) is 34.8. The number of anilines is 1. The Morgan fingerprint density at radius 1 is 1.16 bits per heavy atom. The molecule has 132 valence electrons. The lowest BCUT2D eigenvalue weighted by molar-refractivity contribution is -0.385. The highest BCUT2D eigenvalue weighted by Crippen LogP contribution is 2.31. The van der Waals surface area contributed by atoms with Gasteiger partial charge in [0.05, 0.1) is 17.1 Å². The summed E-state index contributed by atoms with van der Waals surface area (Å²) < 4.78 is 0. The fourth-order valence-electron chi connectivity index (χ4n) is 2.23. The number of nitro groups is 1. The van der Waals surface area contributed by atoms with Crippen LogP contribution in [0, 0.1) is 10.1 Å². The van der Waals surface area contributed by atoms with Crippen LogP contribution in [0.3, 0.4) is 0 Å². The minimum atomic E-state index is -0.554. The Morgan fingerprint density at radius 3 is 2.60 bits per heavy atom. The monoisotopic (exact) mass is 343 g/mol. The third-order valence-corrected chi connectivity index (χ3v) is 3.46. The number of nitrogens with one attached hydrogen (secondary N) is 2. The minimum Gasteiger partial charge on any atom is -0.391 e. The molecule has 0 bridgehead atoms. The van der Waals surface area contributed by atoms with Crippen molar-refractivity contribution in [2.45, 2.75) is 19.7 Å². The summed E-state index contributed by atoms with van der Waals surface area (Å²) in [4.78, 5) is 10.6. The number of benzene rings is 2. The number of aliphatic hydroxyl groups is 1. The molecular formula is C17H21N5O3. The van der Waals surface area contributed by atoms with Crippen molar-refractivity contribution in [2.24, 2.45) is 10.2 Å². The van der Waals surface area contributed by atoms with Gasteiger partial charge >= 0.3 is 5.69 Å². The lowest BCUT2D eigenvalue weighted by atomic mass is 10.1. The highest BCUT2D eigenvalue weighted by atomic mass is 16.6. The maximum Gasteiger partial charge on any atom is 0.302 e. The minimum absolute atomic E-state index is 0.132. The third-order valence-electron chi connectivity index (χ3n) is 3.46. The van der Waals surface area contributed by atoms with E-state index in [9.17, 15) is 15.2 Å². The van der Waals surface area contributed by atoms with Crippen LogP contribution in [0.5, 0.6) is 0 Å². The maximum absolute atomic E-state index is 11.2. The molecule has 0 aromatic heterocycles. The van der Waals surface area contributed by atoms with Crippen molar-refractivity contribution >= 4 is 17.1 Å². The summed E-state index contributed by atoms with van der Waals surface area (Å²) in [6, 6.07) is 14.4. The molecule has 2 aromatic carbocycles. The fraction of sp³-hybridized carbons (Fsp3) is 0.294. The third kappa shape index (κ3) is 5.63. The fourth-order valence-corrected chi connectivity index (χ4v) is 2.23. The van der Waals surface area contributed by atoms with E-state index in [1.807, 2.05) is 37.3 Å². The van der Waals surface area contributed by atoms with E-state index in [2.05, 4.69) is 20.9 Å². The van der Waals surface area contributed by atoms with Crippen LogP contribution in [0.25, 0.3) is 0 Å². The Kier molecular flexibility index (Phi) is 7.00. The molecular weight excluding hydrogens is 322 g/mol. The zero-order valence-electron chi connectivity index (χ0n) is 13.9. The largest absolute Gasteiger partial charge is 0.391 e. The van der Waals surface area contributed by atoms with Crippen LogP contribution in [0.1, 0.15) is 12.5 Å². The van der Waals surface area contributed by atoms with Gasteiger partial charge in [-0.2, -0.15) is 5.11 Å². The predicted molar refractivity (Wildman–Crippen MR) is 95.9 cm³/mol. The normalized spacial score (nSPS) is 12.2. The molecule has 0 aliphatic heterocycles. The lowest BCUT2D eigenvalue weighted by Crippen LogP contribution is -2.29. The highest BCUT2D eigenvalue weighted by Gasteiger charge is 2.18. The first-order valence-corrected chi connectivity index (χ1v) is 7.92. The van der Waals surface area contributed by atoms with Gasteiger partial charge in [-0.3, -0.25) is 15.4 Å². The van der Waals surface area contributed by atoms with E-state index < -0.39 is 11.5 Å². The Labute approximate surface area is 145 Å². The summed E-state index contributed by atoms with van der Waals surface area (Å²) >= 11 is 0. The first-order chi connectivity index (χ1) is 12.1. The second-order valence-corrected chi connectivity index (χ2v) is 5.34. The van der Waals surface area contributed by atoms with Gasteiger partial charge in [-0.15, -0.1) is 5.11 Å². The predicted octanol–water partition coefficient (Wildman–Crippen LogP) is 3.22. The Balaban J connectivity index is 1.88. The standard InChI is InChI=1S/C17H21N5O3/c1-13(18-10-11-19-15-7-3-2-4-8-15)20-21-16-9-5-6-14(12-23)17(16)22(24)25/h2-9,13,18-19,23H,10-12H2,1H3. The Bertz CT molecular complexity index is 721. The molecule has 0 saturated carbocycles. The van der Waals surface area contributed by atoms with E-state index in [1.165, 1.54) is 12.1 Å². The molecule has 2 rings (SSSR count). The van der Waals surface area contributed by atoms with Gasteiger partial charge < -0.3 is 10.4 Å². The number of hydrogen-bond acceptors (Lipinski definition) is 7. The molecule has 3 N–H and O–H groups in total. The topological polar surface area (TPSA) is 112 Å². The number of rotatable bonds is 9. The summed E-state index contributed by atoms with van der Waals surface area (Å²) in [7, 11) is 0. The van der Waals surface area contributed by atoms with Crippen LogP contribution >= 0.6 is 0 Å². The first-order valence-electron chi connectivity index (χ1n) is 7.92. The lowest BCUT2D eigenvalue weighted by Gasteiger charge is -2.10. The van der Waals surface area contributed by atoms with Crippen molar-refractivity contribution in [3.63, 3.8) is 0 Å². The van der Waals surface area contributed by atoms with Gasteiger partial charge in [0.1, 0.15) is 6.17 Å². The van der Waals surface area contributed by atoms with Crippen molar-refractivity contribution in [3.05, 3.63) is 64.2 Å². The van der Waals surface area contributed by atoms with Gasteiger partial charge in [0, 0.05) is 18.8 Å². The molecule has 8 nitrogen and oxygen atoms in total. The van der Waals surface area contributed by atoms with Crippen molar-refractivity contribution < 1.29 is 10.0 Å². The van der Waals surface area contributed by atoms with Crippen LogP contribution in [0.2, 0.25) is 0 Å². The summed E-state index contributed by atoms with van der Waals surface area (Å²) in [5.41, 5.74) is 1.17. The van der Waals surface area contributed by atoms with E-state index in [4.69, 9.17) is 0 Å². The summed E-state index contributed by atoms with van der Waals surface area (Å²) in [5.74, 6) is 0. The first kappa shape index (κ1) is 18.5. The average Bonchev–Trinajstić information content (AvgIpc) is 2.63. The van der Waals surface area contributed by atoms with Crippen LogP contribution in [-0.2, 0) is 6.61 Å². The van der Waals surface area contributed by atoms with Crippen LogP contribution in [0.15, 0.2) is 58.8 Å². The van der Waals surface area contributed by atoms with E-state index in [0.29, 0.717) is 13.1 Å². The molecule has 0 radical (unpaired) electrons. The molecule has 0 aliphatic rings. The van der Waals surface area contributed by atoms with Gasteiger partial charge in [0.2, 0.25) is 0 Å². The Hall–Kier alpha value is -2.84. The summed E-state index contributed by atoms with van der Waals surface area (Å²) in [6.07, 6.45) is -0.296. The smallest absolute Gasteiger partial charge is 0.302 e. The number of nitro benzene ring substituents is 1. The average molecular weight is 343 g/mol. The SMILES string of the molecule is CC(N=Nc1cccc(CO)c1[N+](=O)[O-])NCCNc1ccccc1. The number of azo groups is 1. The van der Waals surface area contributed by atoms with Crippen LogP contribution in [-0.4, -0.2) is 29.3 Å². The molecule has 8 heteroatoms. The van der Waals surface area contributed by atoms with E-state index in [1.54, 1.807) is 6.07 Å². The van der Waals surface area contributed by atoms with Crippen LogP contribution in [0.4, 0.5) is 17.1 Å². The maximum atomic E-state index is 11.2. The number of aliphatic hydroxyl groups excluding tert-OH is 1. The number of para-hydroxylation sites is 2. The van der Waals surface area contributed by atoms with Gasteiger partial charge in [-0.1, -0.05) is 24.3 Å². The molecule has 1 atom stereocenters. The van der Waals surface area contributed by atoms with Gasteiger partial charge in [0.15, 0.2) is 5.69 Å². The summed E-state index contributed by atoms with van der Waals surface area (Å²) in [6.45, 7) is 2.77. The molecule has 0 amide bonds. The van der Waals surface area contributed by atoms with E-state index in [-0.39, 0.29) is 23.1 Å². The molecule has 0 saturated heterocycles. The van der Waals surface area contributed by atoms with E-state index in [0.717, 1.165) is 5.69 Å². The molecule has 0 fully saturated rings. The molecule has 0 aliphatic carbocycles. The van der Waals surface area contributed by atoms with Gasteiger partial charge in [-0.25, -0.2) is 0 Å². The zero-order chi connectivity index (χ0) is 18.1. The van der Waals surface area contributed by atoms with Gasteiger partial charge in [0.25, 0.3) is 0 Å². The van der Waals surface area contributed by atoms with Crippen molar-refractivity contribution in [1.82, 2.24) is 5.32 Å². The molecule has 0 spiro atoms. The van der Waals surface area contributed by atoms with Crippen molar-refractivity contribution in [1.29, 1.82) is 0 Å². The molecule has 25 heavy (non-hydrogen) atoms. The van der Waals surface area contributed by atoms with E-state index >= 15 is 0 Å². The van der Waals surface area contributed by atoms with Gasteiger partial charge in [-0.05, 0) is 31.2 Å².